The van der Waals surface area contributed by atoms with Crippen LogP contribution in [0.25, 0.3) is 22.3 Å². The summed E-state index contributed by atoms with van der Waals surface area (Å²) in [5, 5.41) is 15.8. The number of likely N-dealkylation sites (tertiary alicyclic amines) is 1. The number of fused-ring (bicyclic) bond motifs is 1. The molecule has 3 N–H and O–H groups in total. The molecule has 1 saturated heterocycles. The third-order valence-corrected chi connectivity index (χ3v) is 7.92. The van der Waals surface area contributed by atoms with Crippen LogP contribution in [0.1, 0.15) is 18.9 Å². The molecule has 5 aromatic rings. The minimum atomic E-state index is -1.34. The Morgan fingerprint density at radius 3 is 2.74 bits per heavy atom. The summed E-state index contributed by atoms with van der Waals surface area (Å²) in [5.41, 5.74) is 3.87. The summed E-state index contributed by atoms with van der Waals surface area (Å²) < 4.78 is 20.6. The summed E-state index contributed by atoms with van der Waals surface area (Å²) in [5.74, 6) is -0.541. The van der Waals surface area contributed by atoms with E-state index in [0.29, 0.717) is 33.4 Å². The molecule has 3 aromatic heterocycles. The lowest BCUT2D eigenvalue weighted by Gasteiger charge is -2.23. The molecule has 0 radical (unpaired) electrons. The van der Waals surface area contributed by atoms with Crippen LogP contribution >= 0.6 is 23.1 Å². The zero-order chi connectivity index (χ0) is 30.1. The van der Waals surface area contributed by atoms with Crippen LogP contribution in [0.15, 0.2) is 67.4 Å². The summed E-state index contributed by atoms with van der Waals surface area (Å²) in [7, 11) is 0. The van der Waals surface area contributed by atoms with Gasteiger partial charge in [-0.2, -0.15) is 9.36 Å². The minimum Gasteiger partial charge on any atom is -0.353 e. The first kappa shape index (κ1) is 28.4. The molecule has 4 heterocycles. The number of aromatic nitrogens is 5. The van der Waals surface area contributed by atoms with Gasteiger partial charge in [-0.15, -0.1) is 0 Å². The standard InChI is InChI=1S/C29H25ClFN9O2S/c1-16(32)23-13-39(24-6-5-20(9-22(23)24)35-21-10-33-15-34-11-21)14-26(41)40-12-19(31)8-25(40)28(42)37-29-36-27(38-43-29)17-3-2-4-18(30)7-17/h2-7,9-11,13,15,19,25,32,35H,8,12,14H2,1H3,(H,36,37,38,42). The molecule has 2 atom stereocenters. The van der Waals surface area contributed by atoms with Crippen LogP contribution in [0, 0.1) is 5.41 Å². The topological polar surface area (TPSA) is 142 Å². The van der Waals surface area contributed by atoms with Gasteiger partial charge in [-0.25, -0.2) is 14.4 Å². The zero-order valence-corrected chi connectivity index (χ0v) is 24.4. The largest absolute Gasteiger partial charge is 0.353 e. The highest BCUT2D eigenvalue weighted by atomic mass is 35.5. The van der Waals surface area contributed by atoms with Gasteiger partial charge >= 0.3 is 0 Å². The monoisotopic (exact) mass is 617 g/mol. The summed E-state index contributed by atoms with van der Waals surface area (Å²) >= 11 is 7.05. The highest BCUT2D eigenvalue weighted by molar-refractivity contribution is 7.10. The summed E-state index contributed by atoms with van der Waals surface area (Å²) in [6, 6.07) is 11.6. The van der Waals surface area contributed by atoms with Crippen molar-refractivity contribution in [2.75, 3.05) is 17.2 Å². The van der Waals surface area contributed by atoms with E-state index in [2.05, 4.69) is 30.0 Å². The summed E-state index contributed by atoms with van der Waals surface area (Å²) in [4.78, 5) is 40.4. The van der Waals surface area contributed by atoms with Gasteiger partial charge in [0.15, 0.2) is 5.82 Å². The Hall–Kier alpha value is -4.75. The van der Waals surface area contributed by atoms with Crippen molar-refractivity contribution >= 4 is 68.1 Å². The molecule has 2 aromatic carbocycles. The Labute approximate surface area is 254 Å². The second-order valence-electron chi connectivity index (χ2n) is 10.1. The molecule has 1 aliphatic heterocycles. The highest BCUT2D eigenvalue weighted by Gasteiger charge is 2.40. The molecule has 6 rings (SSSR count). The third-order valence-electron chi connectivity index (χ3n) is 7.05. The first-order valence-corrected chi connectivity index (χ1v) is 14.4. The average Bonchev–Trinajstić information content (AvgIpc) is 3.71. The molecule has 43 heavy (non-hydrogen) atoms. The fourth-order valence-corrected chi connectivity index (χ4v) is 5.87. The van der Waals surface area contributed by atoms with Crippen molar-refractivity contribution in [3.05, 3.63) is 78.0 Å². The second-order valence-corrected chi connectivity index (χ2v) is 11.3. The molecule has 1 fully saturated rings. The Balaban J connectivity index is 1.19. The molecule has 1 aliphatic rings. The van der Waals surface area contributed by atoms with Gasteiger partial charge in [0.2, 0.25) is 16.9 Å². The van der Waals surface area contributed by atoms with Crippen LogP contribution in [-0.4, -0.2) is 65.1 Å². The van der Waals surface area contributed by atoms with E-state index < -0.39 is 24.0 Å². The van der Waals surface area contributed by atoms with Crippen molar-refractivity contribution in [2.24, 2.45) is 0 Å². The number of hydrogen-bond acceptors (Lipinski definition) is 9. The van der Waals surface area contributed by atoms with Crippen molar-refractivity contribution in [3.63, 3.8) is 0 Å². The molecule has 0 bridgehead atoms. The van der Waals surface area contributed by atoms with E-state index in [1.165, 1.54) is 11.2 Å². The van der Waals surface area contributed by atoms with E-state index in [4.69, 9.17) is 17.0 Å². The van der Waals surface area contributed by atoms with E-state index >= 15 is 0 Å². The molecular formula is C29H25ClFN9O2S. The Morgan fingerprint density at radius 1 is 1.16 bits per heavy atom. The number of hydrogen-bond donors (Lipinski definition) is 3. The predicted molar refractivity (Wildman–Crippen MR) is 164 cm³/mol. The van der Waals surface area contributed by atoms with Gasteiger partial charge in [-0.1, -0.05) is 23.7 Å². The number of rotatable bonds is 8. The summed E-state index contributed by atoms with van der Waals surface area (Å²) in [6.07, 6.45) is 5.01. The van der Waals surface area contributed by atoms with Crippen molar-refractivity contribution in [2.45, 2.75) is 32.1 Å². The van der Waals surface area contributed by atoms with Crippen molar-refractivity contribution in [1.82, 2.24) is 28.8 Å². The molecule has 2 unspecified atom stereocenters. The van der Waals surface area contributed by atoms with Crippen LogP contribution in [-0.2, 0) is 16.1 Å². The van der Waals surface area contributed by atoms with E-state index in [1.807, 2.05) is 18.2 Å². The van der Waals surface area contributed by atoms with Gasteiger partial charge < -0.3 is 20.2 Å². The number of carbonyl (C=O) groups is 2. The number of nitrogens with one attached hydrogen (secondary N) is 3. The number of alkyl halides is 1. The second kappa shape index (κ2) is 11.9. The van der Waals surface area contributed by atoms with Crippen molar-refractivity contribution in [1.29, 1.82) is 5.41 Å². The normalized spacial score (nSPS) is 16.4. The number of benzene rings is 2. The van der Waals surface area contributed by atoms with E-state index in [1.54, 1.807) is 54.3 Å². The fraction of sp³-hybridized carbons (Fsp3) is 0.207. The Kier molecular flexibility index (Phi) is 7.82. The smallest absolute Gasteiger partial charge is 0.249 e. The lowest BCUT2D eigenvalue weighted by atomic mass is 10.1. The zero-order valence-electron chi connectivity index (χ0n) is 22.8. The van der Waals surface area contributed by atoms with Crippen molar-refractivity contribution in [3.8, 4) is 11.4 Å². The Bertz CT molecular complexity index is 1840. The molecule has 14 heteroatoms. The van der Waals surface area contributed by atoms with Gasteiger partial charge in [-0.3, -0.25) is 14.9 Å². The molecule has 0 spiro atoms. The average molecular weight is 618 g/mol. The molecule has 11 nitrogen and oxygen atoms in total. The molecular weight excluding hydrogens is 593 g/mol. The minimum absolute atomic E-state index is 0.118. The first-order valence-electron chi connectivity index (χ1n) is 13.3. The van der Waals surface area contributed by atoms with Gasteiger partial charge in [0.05, 0.1) is 24.6 Å². The first-order chi connectivity index (χ1) is 20.7. The van der Waals surface area contributed by atoms with Crippen molar-refractivity contribution < 1.29 is 14.0 Å². The third kappa shape index (κ3) is 6.08. The van der Waals surface area contributed by atoms with Crippen LogP contribution < -0.4 is 10.6 Å². The maximum atomic E-state index is 14.6. The van der Waals surface area contributed by atoms with Crippen LogP contribution in [0.4, 0.5) is 20.9 Å². The van der Waals surface area contributed by atoms with Gasteiger partial charge in [-0.05, 0) is 37.3 Å². The summed E-state index contributed by atoms with van der Waals surface area (Å²) in [6.45, 7) is 1.35. The van der Waals surface area contributed by atoms with E-state index in [-0.39, 0.29) is 24.6 Å². The van der Waals surface area contributed by atoms with Crippen LogP contribution in [0.5, 0.6) is 0 Å². The number of amides is 2. The molecule has 0 aliphatic carbocycles. The van der Waals surface area contributed by atoms with Gasteiger partial charge in [0.25, 0.3) is 0 Å². The maximum Gasteiger partial charge on any atom is 0.249 e. The lowest BCUT2D eigenvalue weighted by molar-refractivity contribution is -0.137. The Morgan fingerprint density at radius 2 is 1.98 bits per heavy atom. The van der Waals surface area contributed by atoms with Crippen LogP contribution in [0.2, 0.25) is 5.02 Å². The lowest BCUT2D eigenvalue weighted by Crippen LogP contribution is -2.44. The number of halogens is 2. The van der Waals surface area contributed by atoms with Crippen LogP contribution in [0.3, 0.4) is 0 Å². The highest BCUT2D eigenvalue weighted by Crippen LogP contribution is 2.29. The quantitative estimate of drug-likeness (QED) is 0.200. The molecule has 218 valence electrons. The predicted octanol–water partition coefficient (Wildman–Crippen LogP) is 5.31. The number of carbonyl (C=O) groups excluding carboxylic acids is 2. The SMILES string of the molecule is CC(=N)c1cn(CC(=O)N2CC(F)CC2C(=O)Nc2nc(-c3cccc(Cl)c3)ns2)c2ccc(Nc3cncnc3)cc12. The fourth-order valence-electron chi connectivity index (χ4n) is 5.09. The number of nitrogens with zero attached hydrogens (tertiary/aromatic N) is 6. The van der Waals surface area contributed by atoms with Gasteiger partial charge in [0, 0.05) is 62.6 Å². The number of anilines is 3. The molecule has 2 amide bonds. The molecule has 0 saturated carbocycles. The van der Waals surface area contributed by atoms with E-state index in [0.717, 1.165) is 28.1 Å². The maximum absolute atomic E-state index is 14.6. The van der Waals surface area contributed by atoms with Gasteiger partial charge in [0.1, 0.15) is 25.1 Å². The van der Waals surface area contributed by atoms with E-state index in [9.17, 15) is 14.0 Å².